The molecule has 3 aromatic carbocycles. The Kier molecular flexibility index (Phi) is 8.90. The van der Waals surface area contributed by atoms with E-state index in [1.807, 2.05) is 0 Å². The maximum Gasteiger partial charge on any atom is 0.350 e. The zero-order valence-corrected chi connectivity index (χ0v) is 23.2. The lowest BCUT2D eigenvalue weighted by Gasteiger charge is -2.22. The summed E-state index contributed by atoms with van der Waals surface area (Å²) in [5, 5.41) is 3.45. The number of hydrogen-bond donors (Lipinski definition) is 2. The van der Waals surface area contributed by atoms with Crippen LogP contribution in [0.3, 0.4) is 0 Å². The highest BCUT2D eigenvalue weighted by molar-refractivity contribution is 6.22. The van der Waals surface area contributed by atoms with Crippen LogP contribution in [0.25, 0.3) is 0 Å². The van der Waals surface area contributed by atoms with Gasteiger partial charge in [0.05, 0.1) is 46.1 Å². The number of hydrogen-bond acceptors (Lipinski definition) is 9. The first-order chi connectivity index (χ1) is 20.2. The number of esters is 1. The molecule has 218 valence electrons. The quantitative estimate of drug-likeness (QED) is 0.274. The fourth-order valence-electron chi connectivity index (χ4n) is 4.18. The number of ether oxygens (including phenoxy) is 4. The largest absolute Gasteiger partial charge is 0.497 e. The molecule has 0 spiro atoms. The lowest BCUT2D eigenvalue weighted by atomic mass is 10.1. The van der Waals surface area contributed by atoms with Crippen molar-refractivity contribution in [3.63, 3.8) is 0 Å². The zero-order chi connectivity index (χ0) is 30.4. The van der Waals surface area contributed by atoms with Gasteiger partial charge in [0.2, 0.25) is 5.91 Å². The predicted molar refractivity (Wildman–Crippen MR) is 150 cm³/mol. The zero-order valence-electron chi connectivity index (χ0n) is 23.2. The molecule has 13 heteroatoms. The molecule has 0 aliphatic carbocycles. The van der Waals surface area contributed by atoms with E-state index in [0.717, 1.165) is 9.91 Å². The van der Waals surface area contributed by atoms with Crippen LogP contribution in [0.5, 0.6) is 17.2 Å². The number of carbonyl (C=O) groups is 5. The minimum atomic E-state index is -1.38. The van der Waals surface area contributed by atoms with Gasteiger partial charge in [-0.15, -0.1) is 0 Å². The van der Waals surface area contributed by atoms with Crippen LogP contribution in [-0.4, -0.2) is 69.2 Å². The van der Waals surface area contributed by atoms with Gasteiger partial charge in [-0.1, -0.05) is 0 Å². The number of amides is 5. The predicted octanol–water partition coefficient (Wildman–Crippen LogP) is 3.01. The van der Waals surface area contributed by atoms with Crippen molar-refractivity contribution < 1.29 is 42.9 Å². The SMILES string of the molecule is COC(=O)c1ccc(NC(=O)CC2C(=O)N(c3ccc(OC)cc3)C(=O)N2NC(=O)c2cc(OC)cc(OC)c2)cc1. The van der Waals surface area contributed by atoms with Gasteiger partial charge in [-0.05, 0) is 60.7 Å². The van der Waals surface area contributed by atoms with E-state index in [1.54, 1.807) is 18.2 Å². The molecule has 1 aliphatic rings. The number of anilines is 2. The molecular weight excluding hydrogens is 548 g/mol. The number of imide groups is 1. The normalized spacial score (nSPS) is 14.3. The molecule has 2 N–H and O–H groups in total. The Hall–Kier alpha value is -5.59. The molecule has 1 aliphatic heterocycles. The number of carbonyl (C=O) groups excluding carboxylic acids is 5. The van der Waals surface area contributed by atoms with E-state index in [-0.39, 0.29) is 16.8 Å². The Labute approximate surface area is 240 Å². The smallest absolute Gasteiger partial charge is 0.350 e. The number of rotatable bonds is 10. The molecule has 1 unspecified atom stereocenters. The lowest BCUT2D eigenvalue weighted by molar-refractivity contribution is -0.124. The fourth-order valence-corrected chi connectivity index (χ4v) is 4.18. The van der Waals surface area contributed by atoms with Crippen LogP contribution in [0.2, 0.25) is 0 Å². The molecule has 0 bridgehead atoms. The van der Waals surface area contributed by atoms with E-state index in [2.05, 4.69) is 15.5 Å². The summed E-state index contributed by atoms with van der Waals surface area (Å²) in [5.41, 5.74) is 3.39. The van der Waals surface area contributed by atoms with Crippen molar-refractivity contribution in [1.82, 2.24) is 10.4 Å². The number of benzene rings is 3. The second-order valence-electron chi connectivity index (χ2n) is 8.90. The van der Waals surface area contributed by atoms with Crippen molar-refractivity contribution in [3.05, 3.63) is 77.9 Å². The number of nitrogens with zero attached hydrogens (tertiary/aromatic N) is 2. The maximum absolute atomic E-state index is 13.6. The molecule has 42 heavy (non-hydrogen) atoms. The van der Waals surface area contributed by atoms with Crippen molar-refractivity contribution in [2.24, 2.45) is 0 Å². The summed E-state index contributed by atoms with van der Waals surface area (Å²) >= 11 is 0. The molecule has 1 heterocycles. The van der Waals surface area contributed by atoms with Gasteiger partial charge in [0, 0.05) is 17.3 Å². The van der Waals surface area contributed by atoms with E-state index in [1.165, 1.54) is 77.0 Å². The molecule has 4 rings (SSSR count). The second-order valence-corrected chi connectivity index (χ2v) is 8.90. The van der Waals surface area contributed by atoms with Gasteiger partial charge in [-0.3, -0.25) is 19.8 Å². The van der Waals surface area contributed by atoms with E-state index >= 15 is 0 Å². The Bertz CT molecular complexity index is 1480. The monoisotopic (exact) mass is 576 g/mol. The van der Waals surface area contributed by atoms with Gasteiger partial charge >= 0.3 is 12.0 Å². The van der Waals surface area contributed by atoms with Crippen molar-refractivity contribution in [2.45, 2.75) is 12.5 Å². The minimum Gasteiger partial charge on any atom is -0.497 e. The topological polar surface area (TPSA) is 153 Å². The number of nitrogens with one attached hydrogen (secondary N) is 2. The maximum atomic E-state index is 13.6. The van der Waals surface area contributed by atoms with E-state index in [0.29, 0.717) is 22.9 Å². The summed E-state index contributed by atoms with van der Waals surface area (Å²) in [6.07, 6.45) is -0.488. The van der Waals surface area contributed by atoms with Gasteiger partial charge in [0.25, 0.3) is 11.8 Å². The molecule has 13 nitrogen and oxygen atoms in total. The van der Waals surface area contributed by atoms with Crippen LogP contribution < -0.4 is 29.9 Å². The molecule has 0 aromatic heterocycles. The van der Waals surface area contributed by atoms with Crippen LogP contribution in [0.4, 0.5) is 16.2 Å². The standard InChI is InChI=1S/C29H28N4O9/c1-39-21-11-9-20(10-12-21)32-27(36)24(16-25(34)30-19-7-5-17(6-8-19)28(37)42-4)33(29(32)38)31-26(35)18-13-22(40-2)15-23(14-18)41-3/h5-15,24H,16H2,1-4H3,(H,30,34)(H,31,35). The third-order valence-electron chi connectivity index (χ3n) is 6.35. The summed E-state index contributed by atoms with van der Waals surface area (Å²) in [4.78, 5) is 65.9. The van der Waals surface area contributed by atoms with Gasteiger partial charge in [-0.2, -0.15) is 0 Å². The highest BCUT2D eigenvalue weighted by Crippen LogP contribution is 2.29. The Balaban J connectivity index is 1.60. The number of hydrazine groups is 1. The van der Waals surface area contributed by atoms with Crippen LogP contribution in [0.15, 0.2) is 66.7 Å². The Morgan fingerprint density at radius 2 is 1.36 bits per heavy atom. The number of methoxy groups -OCH3 is 4. The van der Waals surface area contributed by atoms with E-state index in [9.17, 15) is 24.0 Å². The van der Waals surface area contributed by atoms with Gasteiger partial charge in [-0.25, -0.2) is 19.5 Å². The van der Waals surface area contributed by atoms with Crippen molar-refractivity contribution in [2.75, 3.05) is 38.7 Å². The third-order valence-corrected chi connectivity index (χ3v) is 6.35. The molecule has 1 fully saturated rings. The molecule has 0 radical (unpaired) electrons. The summed E-state index contributed by atoms with van der Waals surface area (Å²) in [5.74, 6) is -1.47. The first-order valence-corrected chi connectivity index (χ1v) is 12.5. The molecule has 3 aromatic rings. The second kappa shape index (κ2) is 12.7. The van der Waals surface area contributed by atoms with Crippen LogP contribution in [0, 0.1) is 0 Å². The molecule has 0 saturated carbocycles. The third kappa shape index (κ3) is 6.25. The average Bonchev–Trinajstić information content (AvgIpc) is 3.24. The van der Waals surface area contributed by atoms with Crippen molar-refractivity contribution >= 4 is 41.1 Å². The summed E-state index contributed by atoms with van der Waals surface area (Å²) in [7, 11) is 5.57. The van der Waals surface area contributed by atoms with Gasteiger partial charge < -0.3 is 24.3 Å². The highest BCUT2D eigenvalue weighted by Gasteiger charge is 2.48. The lowest BCUT2D eigenvalue weighted by Crippen LogP contribution is -2.49. The first-order valence-electron chi connectivity index (χ1n) is 12.5. The van der Waals surface area contributed by atoms with Gasteiger partial charge in [0.1, 0.15) is 23.3 Å². The minimum absolute atomic E-state index is 0.0863. The molecule has 1 saturated heterocycles. The van der Waals surface area contributed by atoms with Crippen molar-refractivity contribution in [1.29, 1.82) is 0 Å². The summed E-state index contributed by atoms with van der Waals surface area (Å²) in [6.45, 7) is 0. The molecule has 5 amide bonds. The number of urea groups is 1. The van der Waals surface area contributed by atoms with Crippen LogP contribution >= 0.6 is 0 Å². The molecule has 1 atom stereocenters. The van der Waals surface area contributed by atoms with Crippen LogP contribution in [0.1, 0.15) is 27.1 Å². The highest BCUT2D eigenvalue weighted by atomic mass is 16.5. The van der Waals surface area contributed by atoms with Gasteiger partial charge in [0.15, 0.2) is 0 Å². The fraction of sp³-hybridized carbons (Fsp3) is 0.207. The van der Waals surface area contributed by atoms with E-state index < -0.39 is 42.2 Å². The molecular formula is C29H28N4O9. The van der Waals surface area contributed by atoms with Crippen molar-refractivity contribution in [3.8, 4) is 17.2 Å². The summed E-state index contributed by atoms with van der Waals surface area (Å²) in [6, 6.07) is 14.2. The first kappa shape index (κ1) is 29.4. The summed E-state index contributed by atoms with van der Waals surface area (Å²) < 4.78 is 20.2. The van der Waals surface area contributed by atoms with E-state index in [4.69, 9.17) is 14.2 Å². The Morgan fingerprint density at radius 3 is 1.90 bits per heavy atom. The van der Waals surface area contributed by atoms with Crippen LogP contribution in [-0.2, 0) is 14.3 Å². The Morgan fingerprint density at radius 1 is 0.762 bits per heavy atom. The average molecular weight is 577 g/mol.